The van der Waals surface area contributed by atoms with Crippen molar-refractivity contribution >= 4 is 0 Å². The molecule has 5 heteroatoms. The van der Waals surface area contributed by atoms with Gasteiger partial charge in [-0.05, 0) is 20.8 Å². The lowest BCUT2D eigenvalue weighted by atomic mass is 10.1. The number of rotatable bonds is 1. The molecule has 0 aromatic carbocycles. The summed E-state index contributed by atoms with van der Waals surface area (Å²) in [4.78, 5) is 25.2. The monoisotopic (exact) mass is 200 g/mol. The van der Waals surface area contributed by atoms with Crippen LogP contribution in [-0.2, 0) is 12.2 Å². The van der Waals surface area contributed by atoms with Gasteiger partial charge < -0.3 is 4.98 Å². The predicted octanol–water partition coefficient (Wildman–Crippen LogP) is 0.761. The summed E-state index contributed by atoms with van der Waals surface area (Å²) in [6.45, 7) is 4.37. The van der Waals surface area contributed by atoms with Crippen molar-refractivity contribution in [3.8, 4) is 0 Å². The van der Waals surface area contributed by atoms with Crippen LogP contribution in [-0.4, -0.2) is 9.55 Å². The van der Waals surface area contributed by atoms with E-state index in [2.05, 4.69) is 4.98 Å². The highest BCUT2D eigenvalue weighted by molar-refractivity contribution is 5.00. The van der Waals surface area contributed by atoms with Crippen LogP contribution in [0.2, 0.25) is 0 Å². The summed E-state index contributed by atoms with van der Waals surface area (Å²) in [6, 6.07) is 1.10. The highest BCUT2D eigenvalue weighted by atomic mass is 19.1. The Morgan fingerprint density at radius 2 is 2.00 bits per heavy atom. The molecule has 0 saturated carbocycles. The van der Waals surface area contributed by atoms with Crippen LogP contribution < -0.4 is 11.2 Å². The minimum Gasteiger partial charge on any atom is -0.308 e. The molecular weight excluding hydrogens is 187 g/mol. The number of alkyl halides is 1. The van der Waals surface area contributed by atoms with E-state index >= 15 is 0 Å². The Labute approximate surface area is 80.4 Å². The van der Waals surface area contributed by atoms with Gasteiger partial charge in [0.05, 0.1) is 5.69 Å². The number of aromatic amines is 1. The average molecular weight is 200 g/mol. The zero-order valence-corrected chi connectivity index (χ0v) is 8.43. The smallest absolute Gasteiger partial charge is 0.308 e. The fourth-order valence-corrected chi connectivity index (χ4v) is 1.25. The van der Waals surface area contributed by atoms with E-state index in [4.69, 9.17) is 0 Å². The number of hydrogen-bond donors (Lipinski definition) is 1. The van der Waals surface area contributed by atoms with Crippen LogP contribution in [0.4, 0.5) is 4.39 Å². The molecule has 78 valence electrons. The van der Waals surface area contributed by atoms with Crippen LogP contribution in [0, 0.1) is 0 Å². The minimum atomic E-state index is -0.838. The van der Waals surface area contributed by atoms with Crippen molar-refractivity contribution in [2.75, 3.05) is 0 Å². The van der Waals surface area contributed by atoms with Crippen molar-refractivity contribution in [3.05, 3.63) is 32.6 Å². The van der Waals surface area contributed by atoms with Crippen LogP contribution >= 0.6 is 0 Å². The summed E-state index contributed by atoms with van der Waals surface area (Å²) in [5.74, 6) is 0. The molecule has 0 amide bonds. The first-order valence-electron chi connectivity index (χ1n) is 4.28. The van der Waals surface area contributed by atoms with E-state index in [1.807, 2.05) is 0 Å². The van der Waals surface area contributed by atoms with Crippen molar-refractivity contribution in [2.45, 2.75) is 33.0 Å². The third-order valence-electron chi connectivity index (χ3n) is 1.80. The summed E-state index contributed by atoms with van der Waals surface area (Å²) in [5, 5.41) is 0. The third kappa shape index (κ3) is 1.92. The molecule has 1 heterocycles. The number of halogens is 1. The highest BCUT2D eigenvalue weighted by Gasteiger charge is 2.17. The molecule has 0 bridgehead atoms. The second kappa shape index (κ2) is 3.40. The van der Waals surface area contributed by atoms with Gasteiger partial charge in [-0.3, -0.25) is 9.36 Å². The van der Waals surface area contributed by atoms with Crippen molar-refractivity contribution < 1.29 is 4.39 Å². The fraction of sp³-hybridized carbons (Fsp3) is 0.556. The molecule has 14 heavy (non-hydrogen) atoms. The van der Waals surface area contributed by atoms with Gasteiger partial charge in [-0.1, -0.05) is 0 Å². The number of H-pyrrole nitrogens is 1. The summed E-state index contributed by atoms with van der Waals surface area (Å²) in [7, 11) is 0. The number of nitrogens with zero attached hydrogens (tertiary/aromatic N) is 1. The summed E-state index contributed by atoms with van der Waals surface area (Å²) in [6.07, 6.45) is 0. The topological polar surface area (TPSA) is 54.9 Å². The van der Waals surface area contributed by atoms with E-state index in [0.717, 1.165) is 10.6 Å². The first-order valence-corrected chi connectivity index (χ1v) is 4.28. The molecule has 0 aliphatic heterocycles. The Hall–Kier alpha value is -1.39. The molecule has 1 N–H and O–H groups in total. The van der Waals surface area contributed by atoms with E-state index in [9.17, 15) is 14.0 Å². The maximum Gasteiger partial charge on any atom is 0.329 e. The Morgan fingerprint density at radius 3 is 2.36 bits per heavy atom. The first-order chi connectivity index (χ1) is 6.36. The minimum absolute atomic E-state index is 0.0144. The summed E-state index contributed by atoms with van der Waals surface area (Å²) < 4.78 is 13.3. The van der Waals surface area contributed by atoms with Crippen molar-refractivity contribution in [1.29, 1.82) is 0 Å². The van der Waals surface area contributed by atoms with Crippen LogP contribution in [0.15, 0.2) is 15.7 Å². The first kappa shape index (κ1) is 10.7. The Morgan fingerprint density at radius 1 is 1.43 bits per heavy atom. The lowest BCUT2D eigenvalue weighted by molar-refractivity contribution is 0.362. The van der Waals surface area contributed by atoms with Gasteiger partial charge in [-0.2, -0.15) is 0 Å². The van der Waals surface area contributed by atoms with Gasteiger partial charge in [0.1, 0.15) is 6.67 Å². The molecule has 0 aliphatic rings. The van der Waals surface area contributed by atoms with Crippen molar-refractivity contribution in [1.82, 2.24) is 9.55 Å². The van der Waals surface area contributed by atoms with Crippen LogP contribution in [0.3, 0.4) is 0 Å². The predicted molar refractivity (Wildman–Crippen MR) is 51.1 cm³/mol. The average Bonchev–Trinajstić information content (AvgIpc) is 1.99. The summed E-state index contributed by atoms with van der Waals surface area (Å²) >= 11 is 0. The lowest BCUT2D eigenvalue weighted by Crippen LogP contribution is -2.44. The number of nitrogens with one attached hydrogen (secondary N) is 1. The molecule has 0 saturated heterocycles. The SMILES string of the molecule is CC(C)(C)n1c(=O)cc(CF)[nH]c1=O. The van der Waals surface area contributed by atoms with E-state index in [1.165, 1.54) is 0 Å². The molecule has 4 nitrogen and oxygen atoms in total. The third-order valence-corrected chi connectivity index (χ3v) is 1.80. The van der Waals surface area contributed by atoms with Crippen molar-refractivity contribution in [3.63, 3.8) is 0 Å². The molecule has 0 unspecified atom stereocenters. The molecule has 1 aromatic rings. The Bertz CT molecular complexity index is 408. The Kier molecular flexibility index (Phi) is 2.59. The summed E-state index contributed by atoms with van der Waals surface area (Å²) in [5.41, 5.74) is -1.63. The van der Waals surface area contributed by atoms with E-state index in [1.54, 1.807) is 20.8 Å². The molecule has 0 fully saturated rings. The largest absolute Gasteiger partial charge is 0.329 e. The molecule has 1 aromatic heterocycles. The van der Waals surface area contributed by atoms with E-state index in [-0.39, 0.29) is 5.69 Å². The molecule has 0 spiro atoms. The number of hydrogen-bond acceptors (Lipinski definition) is 2. The normalized spacial score (nSPS) is 11.7. The molecule has 0 radical (unpaired) electrons. The van der Waals surface area contributed by atoms with Crippen LogP contribution in [0.5, 0.6) is 0 Å². The van der Waals surface area contributed by atoms with Gasteiger partial charge in [0.15, 0.2) is 0 Å². The van der Waals surface area contributed by atoms with Gasteiger partial charge in [-0.25, -0.2) is 9.18 Å². The maximum absolute atomic E-state index is 12.2. The van der Waals surface area contributed by atoms with Crippen molar-refractivity contribution in [2.24, 2.45) is 0 Å². The maximum atomic E-state index is 12.2. The highest BCUT2D eigenvalue weighted by Crippen LogP contribution is 2.06. The van der Waals surface area contributed by atoms with Gasteiger partial charge in [0.2, 0.25) is 0 Å². The van der Waals surface area contributed by atoms with Gasteiger partial charge >= 0.3 is 5.69 Å². The van der Waals surface area contributed by atoms with Crippen LogP contribution in [0.25, 0.3) is 0 Å². The van der Waals surface area contributed by atoms with E-state index < -0.39 is 23.5 Å². The zero-order valence-electron chi connectivity index (χ0n) is 8.43. The standard InChI is InChI=1S/C9H13FN2O2/c1-9(2,3)12-7(13)4-6(5-10)11-8(12)14/h4H,5H2,1-3H3,(H,11,14). The van der Waals surface area contributed by atoms with Crippen LogP contribution in [0.1, 0.15) is 26.5 Å². The lowest BCUT2D eigenvalue weighted by Gasteiger charge is -2.20. The second-order valence-corrected chi connectivity index (χ2v) is 4.08. The van der Waals surface area contributed by atoms with Gasteiger partial charge in [-0.15, -0.1) is 0 Å². The second-order valence-electron chi connectivity index (χ2n) is 4.08. The zero-order chi connectivity index (χ0) is 10.9. The van der Waals surface area contributed by atoms with Gasteiger partial charge in [0.25, 0.3) is 5.56 Å². The molecule has 0 atom stereocenters. The van der Waals surface area contributed by atoms with Gasteiger partial charge in [0, 0.05) is 11.6 Å². The number of aromatic nitrogens is 2. The van der Waals surface area contributed by atoms with E-state index in [0.29, 0.717) is 0 Å². The fourth-order valence-electron chi connectivity index (χ4n) is 1.25. The Balaban J connectivity index is 3.49. The molecule has 1 rings (SSSR count). The molecule has 0 aliphatic carbocycles. The quantitative estimate of drug-likeness (QED) is 0.727. The molecular formula is C9H13FN2O2.